The molecule has 0 heterocycles. The molecule has 0 saturated heterocycles. The van der Waals surface area contributed by atoms with Crippen LogP contribution in [0, 0.1) is 0 Å². The molecule has 0 aliphatic heterocycles. The Morgan fingerprint density at radius 3 is 3.00 bits per heavy atom. The first-order chi connectivity index (χ1) is 5.38. The molecule has 0 bridgehead atoms. The van der Waals surface area contributed by atoms with Crippen LogP contribution in [0.1, 0.15) is 6.42 Å². The minimum atomic E-state index is 1.02. The Morgan fingerprint density at radius 1 is 1.55 bits per heavy atom. The van der Waals surface area contributed by atoms with Gasteiger partial charge in [0.25, 0.3) is 0 Å². The summed E-state index contributed by atoms with van der Waals surface area (Å²) in [5.41, 5.74) is 1.24. The maximum Gasteiger partial charge on any atom is 0.0438 e. The first-order valence-electron chi connectivity index (χ1n) is 3.67. The van der Waals surface area contributed by atoms with Gasteiger partial charge in [-0.3, -0.25) is 0 Å². The molecule has 1 nitrogen and oxygen atoms in total. The standard InChI is InChI=1S/C9H13NS/c1-10-8-6-4-3-5-7-9(8)11-2/h3,5-7,10H,4H2,1-2H3. The highest BCUT2D eigenvalue weighted by molar-refractivity contribution is 8.02. The van der Waals surface area contributed by atoms with E-state index >= 15 is 0 Å². The SMILES string of the molecule is CNC1=CCC=CC=C1SC. The van der Waals surface area contributed by atoms with Crippen LogP contribution in [0.3, 0.4) is 0 Å². The van der Waals surface area contributed by atoms with Gasteiger partial charge in [-0.15, -0.1) is 11.8 Å². The summed E-state index contributed by atoms with van der Waals surface area (Å²) in [5, 5.41) is 3.18. The molecular formula is C9H13NS. The van der Waals surface area contributed by atoms with Gasteiger partial charge in [0.1, 0.15) is 0 Å². The largest absolute Gasteiger partial charge is 0.387 e. The average Bonchev–Trinajstić information content (AvgIpc) is 2.27. The zero-order valence-electron chi connectivity index (χ0n) is 6.92. The maximum absolute atomic E-state index is 3.18. The lowest BCUT2D eigenvalue weighted by Crippen LogP contribution is -2.06. The lowest BCUT2D eigenvalue weighted by Gasteiger charge is -2.06. The molecule has 11 heavy (non-hydrogen) atoms. The summed E-state index contributed by atoms with van der Waals surface area (Å²) in [6, 6.07) is 0. The van der Waals surface area contributed by atoms with Gasteiger partial charge in [0, 0.05) is 17.6 Å². The minimum Gasteiger partial charge on any atom is -0.387 e. The third kappa shape index (κ3) is 2.15. The van der Waals surface area contributed by atoms with Gasteiger partial charge in [0.2, 0.25) is 0 Å². The molecule has 60 valence electrons. The number of hydrogen-bond acceptors (Lipinski definition) is 2. The number of rotatable bonds is 2. The van der Waals surface area contributed by atoms with E-state index in [-0.39, 0.29) is 0 Å². The van der Waals surface area contributed by atoms with Crippen molar-refractivity contribution in [1.29, 1.82) is 0 Å². The number of likely N-dealkylation sites (N-methyl/N-ethyl adjacent to an activating group) is 1. The molecule has 0 atom stereocenters. The summed E-state index contributed by atoms with van der Waals surface area (Å²) in [4.78, 5) is 1.31. The first kappa shape index (κ1) is 8.47. The van der Waals surface area contributed by atoms with Crippen LogP contribution in [0.25, 0.3) is 0 Å². The minimum absolute atomic E-state index is 1.02. The van der Waals surface area contributed by atoms with Crippen LogP contribution in [0.5, 0.6) is 0 Å². The second-order valence-electron chi connectivity index (χ2n) is 2.27. The Labute approximate surface area is 72.3 Å². The molecule has 0 aromatic carbocycles. The van der Waals surface area contributed by atoms with E-state index in [0.29, 0.717) is 0 Å². The number of nitrogens with one attached hydrogen (secondary N) is 1. The Morgan fingerprint density at radius 2 is 2.36 bits per heavy atom. The third-order valence-corrected chi connectivity index (χ3v) is 2.39. The van der Waals surface area contributed by atoms with Crippen LogP contribution in [0.2, 0.25) is 0 Å². The highest BCUT2D eigenvalue weighted by Gasteiger charge is 2.00. The average molecular weight is 167 g/mol. The molecule has 0 saturated carbocycles. The molecule has 1 aliphatic rings. The lowest BCUT2D eigenvalue weighted by molar-refractivity contribution is 1.01. The van der Waals surface area contributed by atoms with E-state index < -0.39 is 0 Å². The van der Waals surface area contributed by atoms with Crippen molar-refractivity contribution in [3.8, 4) is 0 Å². The first-order valence-corrected chi connectivity index (χ1v) is 4.90. The quantitative estimate of drug-likeness (QED) is 0.677. The molecule has 1 aliphatic carbocycles. The maximum atomic E-state index is 3.18. The Kier molecular flexibility index (Phi) is 3.30. The van der Waals surface area contributed by atoms with E-state index in [1.807, 2.05) is 7.05 Å². The summed E-state index contributed by atoms with van der Waals surface area (Å²) in [5.74, 6) is 0. The zero-order valence-corrected chi connectivity index (χ0v) is 7.74. The van der Waals surface area contributed by atoms with E-state index in [1.54, 1.807) is 11.8 Å². The van der Waals surface area contributed by atoms with E-state index in [2.05, 4.69) is 35.9 Å². The topological polar surface area (TPSA) is 12.0 Å². The van der Waals surface area contributed by atoms with Crippen molar-refractivity contribution >= 4 is 11.8 Å². The van der Waals surface area contributed by atoms with E-state index in [9.17, 15) is 0 Å². The van der Waals surface area contributed by atoms with Crippen LogP contribution < -0.4 is 5.32 Å². The molecule has 0 spiro atoms. The fourth-order valence-corrected chi connectivity index (χ4v) is 1.63. The molecular weight excluding hydrogens is 154 g/mol. The van der Waals surface area contributed by atoms with Gasteiger partial charge in [-0.25, -0.2) is 0 Å². The van der Waals surface area contributed by atoms with Gasteiger partial charge >= 0.3 is 0 Å². The lowest BCUT2D eigenvalue weighted by atomic mass is 10.3. The monoisotopic (exact) mass is 167 g/mol. The molecule has 0 aromatic rings. The van der Waals surface area contributed by atoms with Crippen LogP contribution in [-0.2, 0) is 0 Å². The molecule has 1 rings (SSSR count). The van der Waals surface area contributed by atoms with Crippen molar-refractivity contribution in [2.75, 3.05) is 13.3 Å². The van der Waals surface area contributed by atoms with Gasteiger partial charge in [-0.05, 0) is 18.8 Å². The highest BCUT2D eigenvalue weighted by Crippen LogP contribution is 2.21. The van der Waals surface area contributed by atoms with Crippen LogP contribution in [-0.4, -0.2) is 13.3 Å². The Hall–Kier alpha value is -0.630. The van der Waals surface area contributed by atoms with Gasteiger partial charge in [-0.1, -0.05) is 18.2 Å². The predicted octanol–water partition coefficient (Wildman–Crippen LogP) is 2.30. The molecule has 1 N–H and O–H groups in total. The van der Waals surface area contributed by atoms with Crippen molar-refractivity contribution in [3.05, 3.63) is 34.9 Å². The number of hydrogen-bond donors (Lipinski definition) is 1. The van der Waals surface area contributed by atoms with Crippen molar-refractivity contribution in [2.45, 2.75) is 6.42 Å². The summed E-state index contributed by atoms with van der Waals surface area (Å²) in [7, 11) is 1.96. The normalized spacial score (nSPS) is 16.9. The fourth-order valence-electron chi connectivity index (χ4n) is 1.01. The number of allylic oxidation sites excluding steroid dienone is 4. The smallest absolute Gasteiger partial charge is 0.0438 e. The zero-order chi connectivity index (χ0) is 8.10. The van der Waals surface area contributed by atoms with Crippen molar-refractivity contribution in [2.24, 2.45) is 0 Å². The van der Waals surface area contributed by atoms with Crippen molar-refractivity contribution in [1.82, 2.24) is 5.32 Å². The second kappa shape index (κ2) is 4.29. The summed E-state index contributed by atoms with van der Waals surface area (Å²) >= 11 is 1.77. The van der Waals surface area contributed by atoms with E-state index in [0.717, 1.165) is 6.42 Å². The fraction of sp³-hybridized carbons (Fsp3) is 0.333. The van der Waals surface area contributed by atoms with E-state index in [4.69, 9.17) is 0 Å². The molecule has 0 unspecified atom stereocenters. The molecule has 0 amide bonds. The molecule has 0 radical (unpaired) electrons. The molecule has 2 heteroatoms. The van der Waals surface area contributed by atoms with Crippen LogP contribution in [0.15, 0.2) is 34.9 Å². The van der Waals surface area contributed by atoms with Gasteiger partial charge < -0.3 is 5.32 Å². The number of thioether (sulfide) groups is 1. The Balaban J connectivity index is 2.82. The van der Waals surface area contributed by atoms with Gasteiger partial charge in [0.15, 0.2) is 0 Å². The molecule has 0 aromatic heterocycles. The second-order valence-corrected chi connectivity index (χ2v) is 3.11. The predicted molar refractivity (Wildman–Crippen MR) is 52.5 cm³/mol. The molecule has 0 fully saturated rings. The van der Waals surface area contributed by atoms with Crippen molar-refractivity contribution < 1.29 is 0 Å². The summed E-state index contributed by atoms with van der Waals surface area (Å²) < 4.78 is 0. The highest BCUT2D eigenvalue weighted by atomic mass is 32.2. The van der Waals surface area contributed by atoms with E-state index in [1.165, 1.54) is 10.6 Å². The summed E-state index contributed by atoms with van der Waals surface area (Å²) in [6.07, 6.45) is 11.7. The van der Waals surface area contributed by atoms with Gasteiger partial charge in [0.05, 0.1) is 0 Å². The third-order valence-electron chi connectivity index (χ3n) is 1.60. The van der Waals surface area contributed by atoms with Crippen molar-refractivity contribution in [3.63, 3.8) is 0 Å². The van der Waals surface area contributed by atoms with Gasteiger partial charge in [-0.2, -0.15) is 0 Å². The van der Waals surface area contributed by atoms with Crippen LogP contribution in [0.4, 0.5) is 0 Å². The van der Waals surface area contributed by atoms with Crippen LogP contribution >= 0.6 is 11.8 Å². The Bertz CT molecular complexity index is 214. The summed E-state index contributed by atoms with van der Waals surface area (Å²) in [6.45, 7) is 0.